The van der Waals surface area contributed by atoms with Crippen molar-refractivity contribution in [3.8, 4) is 5.75 Å². The van der Waals surface area contributed by atoms with Crippen molar-refractivity contribution in [3.63, 3.8) is 0 Å². The van der Waals surface area contributed by atoms with Crippen LogP contribution in [0.25, 0.3) is 0 Å². The van der Waals surface area contributed by atoms with E-state index in [0.717, 1.165) is 10.9 Å². The van der Waals surface area contributed by atoms with Gasteiger partial charge in [-0.1, -0.05) is 12.2 Å². The maximum absolute atomic E-state index is 11.8. The molecule has 0 spiro atoms. The third kappa shape index (κ3) is 4.62. The molecule has 6 heteroatoms. The fourth-order valence-electron chi connectivity index (χ4n) is 1.37. The van der Waals surface area contributed by atoms with E-state index >= 15 is 0 Å². The molecule has 0 heterocycles. The molecule has 1 aromatic rings. The minimum Gasteiger partial charge on any atom is -0.496 e. The SMILES string of the molecule is COc1ccc(C(=O)NCCCC(N)=S)cc1Br. The highest BCUT2D eigenvalue weighted by Gasteiger charge is 2.08. The number of nitrogens with two attached hydrogens (primary N) is 1. The molecule has 3 N–H and O–H groups in total. The van der Waals surface area contributed by atoms with Crippen LogP contribution in [-0.2, 0) is 0 Å². The van der Waals surface area contributed by atoms with E-state index in [1.807, 2.05) is 0 Å². The molecule has 1 rings (SSSR count). The summed E-state index contributed by atoms with van der Waals surface area (Å²) in [6.45, 7) is 0.555. The lowest BCUT2D eigenvalue weighted by molar-refractivity contribution is 0.0953. The summed E-state index contributed by atoms with van der Waals surface area (Å²) in [5.74, 6) is 0.571. The van der Waals surface area contributed by atoms with E-state index in [1.54, 1.807) is 25.3 Å². The highest BCUT2D eigenvalue weighted by Crippen LogP contribution is 2.25. The molecule has 18 heavy (non-hydrogen) atoms. The van der Waals surface area contributed by atoms with Crippen LogP contribution in [0.15, 0.2) is 22.7 Å². The molecule has 0 fully saturated rings. The van der Waals surface area contributed by atoms with Gasteiger partial charge in [0.15, 0.2) is 0 Å². The first-order chi connectivity index (χ1) is 8.54. The molecule has 1 aromatic carbocycles. The number of rotatable bonds is 6. The number of thiocarbonyl (C=S) groups is 1. The molecule has 0 saturated heterocycles. The number of carbonyl (C=O) groups excluding carboxylic acids is 1. The molecule has 0 aliphatic carbocycles. The molecular formula is C12H15BrN2O2S. The number of hydrogen-bond acceptors (Lipinski definition) is 3. The average Bonchev–Trinajstić information content (AvgIpc) is 2.34. The van der Waals surface area contributed by atoms with Crippen molar-refractivity contribution in [1.82, 2.24) is 5.32 Å². The Bertz CT molecular complexity index is 452. The Morgan fingerprint density at radius 2 is 2.28 bits per heavy atom. The largest absolute Gasteiger partial charge is 0.496 e. The van der Waals surface area contributed by atoms with Gasteiger partial charge < -0.3 is 15.8 Å². The number of hydrogen-bond donors (Lipinski definition) is 2. The zero-order valence-corrected chi connectivity index (χ0v) is 12.4. The maximum Gasteiger partial charge on any atom is 0.251 e. The lowest BCUT2D eigenvalue weighted by atomic mass is 10.2. The van der Waals surface area contributed by atoms with E-state index in [2.05, 4.69) is 21.2 Å². The zero-order chi connectivity index (χ0) is 13.5. The van der Waals surface area contributed by atoms with Gasteiger partial charge in [-0.05, 0) is 47.0 Å². The van der Waals surface area contributed by atoms with E-state index in [1.165, 1.54) is 0 Å². The fourth-order valence-corrected chi connectivity index (χ4v) is 2.06. The Kier molecular flexibility index (Phi) is 6.07. The maximum atomic E-state index is 11.8. The smallest absolute Gasteiger partial charge is 0.251 e. The Morgan fingerprint density at radius 1 is 1.56 bits per heavy atom. The van der Waals surface area contributed by atoms with Crippen molar-refractivity contribution in [2.75, 3.05) is 13.7 Å². The summed E-state index contributed by atoms with van der Waals surface area (Å²) in [6.07, 6.45) is 1.39. The van der Waals surface area contributed by atoms with Crippen molar-refractivity contribution in [3.05, 3.63) is 28.2 Å². The number of benzene rings is 1. The Labute approximate surface area is 120 Å². The van der Waals surface area contributed by atoms with E-state index in [4.69, 9.17) is 22.7 Å². The monoisotopic (exact) mass is 330 g/mol. The summed E-state index contributed by atoms with van der Waals surface area (Å²) in [7, 11) is 1.58. The molecule has 1 amide bonds. The molecule has 0 aliphatic heterocycles. The molecule has 0 aliphatic rings. The second-order valence-corrected chi connectivity index (χ2v) is 5.05. The molecular weight excluding hydrogens is 316 g/mol. The fraction of sp³-hybridized carbons (Fsp3) is 0.333. The first-order valence-electron chi connectivity index (χ1n) is 5.44. The van der Waals surface area contributed by atoms with Gasteiger partial charge in [-0.15, -0.1) is 0 Å². The predicted molar refractivity (Wildman–Crippen MR) is 79.0 cm³/mol. The predicted octanol–water partition coefficient (Wildman–Crippen LogP) is 2.25. The zero-order valence-electron chi connectivity index (χ0n) is 10.0. The van der Waals surface area contributed by atoms with Crippen LogP contribution >= 0.6 is 28.1 Å². The topological polar surface area (TPSA) is 64.3 Å². The van der Waals surface area contributed by atoms with Crippen LogP contribution in [0.1, 0.15) is 23.2 Å². The summed E-state index contributed by atoms with van der Waals surface area (Å²) in [5.41, 5.74) is 5.95. The lowest BCUT2D eigenvalue weighted by Crippen LogP contribution is -2.25. The van der Waals surface area contributed by atoms with E-state index < -0.39 is 0 Å². The summed E-state index contributed by atoms with van der Waals surface area (Å²) in [6, 6.07) is 5.18. The number of methoxy groups -OCH3 is 1. The Hall–Kier alpha value is -1.14. The summed E-state index contributed by atoms with van der Waals surface area (Å²) >= 11 is 8.10. The minimum atomic E-state index is -0.124. The number of nitrogens with one attached hydrogen (secondary N) is 1. The van der Waals surface area contributed by atoms with Gasteiger partial charge in [-0.3, -0.25) is 4.79 Å². The molecule has 0 unspecified atom stereocenters. The molecule has 0 aromatic heterocycles. The van der Waals surface area contributed by atoms with Crippen LogP contribution in [0, 0.1) is 0 Å². The second kappa shape index (κ2) is 7.33. The molecule has 0 bridgehead atoms. The van der Waals surface area contributed by atoms with E-state index in [-0.39, 0.29) is 5.91 Å². The average molecular weight is 331 g/mol. The van der Waals surface area contributed by atoms with Crippen LogP contribution in [0.5, 0.6) is 5.75 Å². The van der Waals surface area contributed by atoms with Gasteiger partial charge in [0.2, 0.25) is 0 Å². The molecule has 0 saturated carbocycles. The summed E-state index contributed by atoms with van der Waals surface area (Å²) in [5, 5.41) is 2.80. The minimum absolute atomic E-state index is 0.124. The summed E-state index contributed by atoms with van der Waals surface area (Å²) in [4.78, 5) is 12.3. The van der Waals surface area contributed by atoms with Crippen molar-refractivity contribution >= 4 is 39.0 Å². The molecule has 0 radical (unpaired) electrons. The first kappa shape index (κ1) is 14.9. The Balaban J connectivity index is 2.51. The molecule has 0 atom stereocenters. The van der Waals surface area contributed by atoms with Crippen LogP contribution in [0.2, 0.25) is 0 Å². The van der Waals surface area contributed by atoms with Gasteiger partial charge in [-0.25, -0.2) is 0 Å². The normalized spacial score (nSPS) is 9.89. The van der Waals surface area contributed by atoms with Gasteiger partial charge in [0.25, 0.3) is 5.91 Å². The van der Waals surface area contributed by atoms with Crippen LogP contribution in [-0.4, -0.2) is 24.6 Å². The lowest BCUT2D eigenvalue weighted by Gasteiger charge is -2.07. The van der Waals surface area contributed by atoms with Gasteiger partial charge in [0.1, 0.15) is 5.75 Å². The molecule has 4 nitrogen and oxygen atoms in total. The van der Waals surface area contributed by atoms with Gasteiger partial charge in [-0.2, -0.15) is 0 Å². The van der Waals surface area contributed by atoms with Crippen LogP contribution < -0.4 is 15.8 Å². The van der Waals surface area contributed by atoms with Crippen molar-refractivity contribution in [2.45, 2.75) is 12.8 Å². The van der Waals surface area contributed by atoms with Crippen molar-refractivity contribution in [1.29, 1.82) is 0 Å². The van der Waals surface area contributed by atoms with E-state index in [0.29, 0.717) is 29.3 Å². The molecule has 98 valence electrons. The number of amides is 1. The Morgan fingerprint density at radius 3 is 2.83 bits per heavy atom. The van der Waals surface area contributed by atoms with Gasteiger partial charge in [0, 0.05) is 12.1 Å². The van der Waals surface area contributed by atoms with Gasteiger partial charge >= 0.3 is 0 Å². The van der Waals surface area contributed by atoms with Crippen molar-refractivity contribution in [2.24, 2.45) is 5.73 Å². The van der Waals surface area contributed by atoms with Crippen molar-refractivity contribution < 1.29 is 9.53 Å². The number of ether oxygens (including phenoxy) is 1. The highest BCUT2D eigenvalue weighted by atomic mass is 79.9. The standard InChI is InChI=1S/C12H15BrN2O2S/c1-17-10-5-4-8(7-9(10)13)12(16)15-6-2-3-11(14)18/h4-5,7H,2-3,6H2,1H3,(H2,14,18)(H,15,16). The second-order valence-electron chi connectivity index (χ2n) is 3.68. The highest BCUT2D eigenvalue weighted by molar-refractivity contribution is 9.10. The first-order valence-corrected chi connectivity index (χ1v) is 6.64. The van der Waals surface area contributed by atoms with Gasteiger partial charge in [0.05, 0.1) is 16.6 Å². The summed E-state index contributed by atoms with van der Waals surface area (Å²) < 4.78 is 5.85. The third-order valence-corrected chi connectivity index (χ3v) is 3.12. The number of halogens is 1. The third-order valence-electron chi connectivity index (χ3n) is 2.30. The quantitative estimate of drug-likeness (QED) is 0.620. The van der Waals surface area contributed by atoms with Crippen LogP contribution in [0.3, 0.4) is 0 Å². The van der Waals surface area contributed by atoms with E-state index in [9.17, 15) is 4.79 Å². The van der Waals surface area contributed by atoms with Crippen LogP contribution in [0.4, 0.5) is 0 Å². The number of carbonyl (C=O) groups is 1.